The van der Waals surface area contributed by atoms with E-state index in [1.165, 1.54) is 28.6 Å². The van der Waals surface area contributed by atoms with Crippen LogP contribution in [0.5, 0.6) is 0 Å². The van der Waals surface area contributed by atoms with Crippen molar-refractivity contribution < 1.29 is 4.52 Å². The Morgan fingerprint density at radius 1 is 1.33 bits per heavy atom. The molecular formula is C18H17N5OS3. The van der Waals surface area contributed by atoms with E-state index in [2.05, 4.69) is 22.0 Å². The number of rotatable bonds is 4. The van der Waals surface area contributed by atoms with Crippen molar-refractivity contribution in [2.45, 2.75) is 37.1 Å². The predicted octanol–water partition coefficient (Wildman–Crippen LogP) is 4.80. The number of nitrogens with zero attached hydrogens (tertiary/aromatic N) is 4. The Labute approximate surface area is 168 Å². The number of thiophene rings is 2. The van der Waals surface area contributed by atoms with Crippen LogP contribution in [0.4, 0.5) is 5.82 Å². The molecule has 4 aromatic heterocycles. The number of hydrogen-bond donors (Lipinski definition) is 1. The maximum Gasteiger partial charge on any atom is 0.237 e. The fourth-order valence-electron chi connectivity index (χ4n) is 3.36. The second-order valence-corrected chi connectivity index (χ2v) is 9.54. The van der Waals surface area contributed by atoms with Gasteiger partial charge in [0.2, 0.25) is 11.7 Å². The first-order chi connectivity index (χ1) is 13.2. The average Bonchev–Trinajstić information content (AvgIpc) is 3.38. The first kappa shape index (κ1) is 17.2. The number of aryl methyl sites for hydroxylation is 1. The Kier molecular flexibility index (Phi) is 4.37. The molecule has 0 saturated carbocycles. The molecule has 9 heteroatoms. The minimum atomic E-state index is 0.518. The fourth-order valence-corrected chi connectivity index (χ4v) is 6.13. The number of thioether (sulfide) groups is 1. The topological polar surface area (TPSA) is 90.7 Å². The molecule has 4 aromatic rings. The standard InChI is InChI=1S/C18H17N5OS3/c1-9-2-3-11-12(6-9)27-17-14(11)15(19)21-18(22-17)26-8-13-20-16(23-24-13)10-4-5-25-7-10/h4-5,7,9H,2-3,6,8H2,1H3,(H2,19,21,22). The lowest BCUT2D eigenvalue weighted by atomic mass is 9.89. The number of nitrogen functional groups attached to an aromatic ring is 1. The van der Waals surface area contributed by atoms with Crippen LogP contribution in [0.3, 0.4) is 0 Å². The summed E-state index contributed by atoms with van der Waals surface area (Å²) in [7, 11) is 0. The van der Waals surface area contributed by atoms with E-state index >= 15 is 0 Å². The van der Waals surface area contributed by atoms with Gasteiger partial charge in [0.15, 0.2) is 5.16 Å². The first-order valence-electron chi connectivity index (χ1n) is 8.73. The second-order valence-electron chi connectivity index (χ2n) is 6.74. The van der Waals surface area contributed by atoms with E-state index < -0.39 is 0 Å². The fraction of sp³-hybridized carbons (Fsp3) is 0.333. The summed E-state index contributed by atoms with van der Waals surface area (Å²) in [5.41, 5.74) is 8.62. The van der Waals surface area contributed by atoms with Crippen LogP contribution in [0.25, 0.3) is 21.6 Å². The van der Waals surface area contributed by atoms with Gasteiger partial charge in [-0.3, -0.25) is 0 Å². The molecular weight excluding hydrogens is 398 g/mol. The number of hydrogen-bond acceptors (Lipinski definition) is 9. The van der Waals surface area contributed by atoms with E-state index in [-0.39, 0.29) is 0 Å². The average molecular weight is 416 g/mol. The Hall–Kier alpha value is -1.97. The Balaban J connectivity index is 1.38. The molecule has 0 saturated heterocycles. The monoisotopic (exact) mass is 415 g/mol. The van der Waals surface area contributed by atoms with E-state index in [4.69, 9.17) is 15.2 Å². The lowest BCUT2D eigenvalue weighted by Crippen LogP contribution is -2.09. The van der Waals surface area contributed by atoms with Crippen molar-refractivity contribution in [1.29, 1.82) is 0 Å². The molecule has 6 nitrogen and oxygen atoms in total. The van der Waals surface area contributed by atoms with Crippen LogP contribution >= 0.6 is 34.4 Å². The van der Waals surface area contributed by atoms with Gasteiger partial charge < -0.3 is 10.3 Å². The van der Waals surface area contributed by atoms with Crippen molar-refractivity contribution >= 4 is 50.5 Å². The molecule has 0 spiro atoms. The third-order valence-corrected chi connectivity index (χ3v) is 7.40. The summed E-state index contributed by atoms with van der Waals surface area (Å²) in [5, 5.41) is 9.74. The van der Waals surface area contributed by atoms with Crippen molar-refractivity contribution in [1.82, 2.24) is 20.1 Å². The van der Waals surface area contributed by atoms with Crippen LogP contribution in [-0.2, 0) is 18.6 Å². The molecule has 0 fully saturated rings. The van der Waals surface area contributed by atoms with Crippen molar-refractivity contribution in [2.75, 3.05) is 5.73 Å². The molecule has 0 amide bonds. The second kappa shape index (κ2) is 6.88. The van der Waals surface area contributed by atoms with Gasteiger partial charge in [0.1, 0.15) is 10.6 Å². The van der Waals surface area contributed by atoms with Gasteiger partial charge in [-0.15, -0.1) is 11.3 Å². The summed E-state index contributed by atoms with van der Waals surface area (Å²) in [6, 6.07) is 1.98. The van der Waals surface area contributed by atoms with E-state index in [0.717, 1.165) is 34.5 Å². The van der Waals surface area contributed by atoms with E-state index in [1.54, 1.807) is 22.7 Å². The molecule has 1 aliphatic rings. The highest BCUT2D eigenvalue weighted by Gasteiger charge is 2.23. The molecule has 5 rings (SSSR count). The maximum atomic E-state index is 6.29. The molecule has 1 atom stereocenters. The van der Waals surface area contributed by atoms with Crippen molar-refractivity contribution in [3.8, 4) is 11.4 Å². The Morgan fingerprint density at radius 3 is 3.11 bits per heavy atom. The van der Waals surface area contributed by atoms with Crippen molar-refractivity contribution in [3.05, 3.63) is 33.2 Å². The highest BCUT2D eigenvalue weighted by Crippen LogP contribution is 2.40. The van der Waals surface area contributed by atoms with E-state index in [9.17, 15) is 0 Å². The molecule has 0 radical (unpaired) electrons. The van der Waals surface area contributed by atoms with Crippen LogP contribution in [0.2, 0.25) is 0 Å². The number of anilines is 1. The van der Waals surface area contributed by atoms with Gasteiger partial charge >= 0.3 is 0 Å². The number of aromatic nitrogens is 4. The van der Waals surface area contributed by atoms with Gasteiger partial charge in [0, 0.05) is 15.8 Å². The zero-order chi connectivity index (χ0) is 18.4. The molecule has 27 heavy (non-hydrogen) atoms. The molecule has 1 unspecified atom stereocenters. The molecule has 4 heterocycles. The van der Waals surface area contributed by atoms with Gasteiger partial charge in [-0.25, -0.2) is 9.97 Å². The van der Waals surface area contributed by atoms with Crippen LogP contribution in [0.1, 0.15) is 29.7 Å². The van der Waals surface area contributed by atoms with Gasteiger partial charge in [-0.2, -0.15) is 16.3 Å². The van der Waals surface area contributed by atoms with Crippen LogP contribution in [0.15, 0.2) is 26.5 Å². The Morgan fingerprint density at radius 2 is 2.26 bits per heavy atom. The number of nitrogens with two attached hydrogens (primary N) is 1. The summed E-state index contributed by atoms with van der Waals surface area (Å²) >= 11 is 4.84. The third kappa shape index (κ3) is 3.24. The molecule has 0 aliphatic heterocycles. The summed E-state index contributed by atoms with van der Waals surface area (Å²) in [4.78, 5) is 16.1. The molecule has 0 aromatic carbocycles. The van der Waals surface area contributed by atoms with Crippen molar-refractivity contribution in [2.24, 2.45) is 5.92 Å². The normalized spacial score (nSPS) is 16.7. The molecule has 0 bridgehead atoms. The maximum absolute atomic E-state index is 6.29. The largest absolute Gasteiger partial charge is 0.383 e. The van der Waals surface area contributed by atoms with Crippen LogP contribution in [0, 0.1) is 5.92 Å². The van der Waals surface area contributed by atoms with Crippen LogP contribution in [-0.4, -0.2) is 20.1 Å². The lowest BCUT2D eigenvalue weighted by Gasteiger charge is -2.17. The summed E-state index contributed by atoms with van der Waals surface area (Å²) in [6.07, 6.45) is 3.40. The molecule has 2 N–H and O–H groups in total. The minimum absolute atomic E-state index is 0.518. The number of fused-ring (bicyclic) bond motifs is 3. The van der Waals surface area contributed by atoms with Gasteiger partial charge in [-0.1, -0.05) is 23.8 Å². The lowest BCUT2D eigenvalue weighted by molar-refractivity contribution is 0.391. The zero-order valence-electron chi connectivity index (χ0n) is 14.6. The Bertz CT molecular complexity index is 1100. The van der Waals surface area contributed by atoms with Gasteiger partial charge in [-0.05, 0) is 42.2 Å². The zero-order valence-corrected chi connectivity index (χ0v) is 17.1. The highest BCUT2D eigenvalue weighted by molar-refractivity contribution is 7.98. The van der Waals surface area contributed by atoms with Gasteiger partial charge in [0.25, 0.3) is 0 Å². The first-order valence-corrected chi connectivity index (χ1v) is 11.5. The minimum Gasteiger partial charge on any atom is -0.383 e. The third-order valence-electron chi connectivity index (χ3n) is 4.73. The summed E-state index contributed by atoms with van der Waals surface area (Å²) in [6.45, 7) is 2.30. The van der Waals surface area contributed by atoms with E-state index in [1.807, 2.05) is 16.8 Å². The van der Waals surface area contributed by atoms with Crippen molar-refractivity contribution in [3.63, 3.8) is 0 Å². The summed E-state index contributed by atoms with van der Waals surface area (Å²) < 4.78 is 5.34. The quantitative estimate of drug-likeness (QED) is 0.378. The SMILES string of the molecule is CC1CCc2c(sc3nc(SCc4nc(-c5ccsc5)no4)nc(N)c23)C1. The summed E-state index contributed by atoms with van der Waals surface area (Å²) in [5.74, 6) is 3.00. The molecule has 1 aliphatic carbocycles. The molecule has 138 valence electrons. The van der Waals surface area contributed by atoms with Gasteiger partial charge in [0.05, 0.1) is 11.1 Å². The predicted molar refractivity (Wildman–Crippen MR) is 110 cm³/mol. The highest BCUT2D eigenvalue weighted by atomic mass is 32.2. The van der Waals surface area contributed by atoms with Crippen LogP contribution < -0.4 is 5.73 Å². The smallest absolute Gasteiger partial charge is 0.237 e. The van der Waals surface area contributed by atoms with E-state index in [0.29, 0.717) is 28.4 Å².